The number of thiazole rings is 1. The first-order valence-electron chi connectivity index (χ1n) is 9.04. The topological polar surface area (TPSA) is 33.2 Å². The lowest BCUT2D eigenvalue weighted by atomic mass is 9.99. The molecule has 1 aromatic carbocycles. The zero-order valence-corrected chi connectivity index (χ0v) is 15.4. The van der Waals surface area contributed by atoms with E-state index in [2.05, 4.69) is 43.0 Å². The van der Waals surface area contributed by atoms with Gasteiger partial charge in [-0.1, -0.05) is 38.1 Å². The van der Waals surface area contributed by atoms with Gasteiger partial charge in [-0.25, -0.2) is 4.98 Å². The summed E-state index contributed by atoms with van der Waals surface area (Å²) >= 11 is 1.63. The van der Waals surface area contributed by atoms with Gasteiger partial charge in [-0.3, -0.25) is 4.79 Å². The fourth-order valence-corrected chi connectivity index (χ4v) is 4.24. The van der Waals surface area contributed by atoms with Crippen molar-refractivity contribution in [3.63, 3.8) is 0 Å². The van der Waals surface area contributed by atoms with Gasteiger partial charge in [0.05, 0.1) is 12.1 Å². The highest BCUT2D eigenvalue weighted by Crippen LogP contribution is 2.25. The van der Waals surface area contributed by atoms with Gasteiger partial charge >= 0.3 is 0 Å². The maximum atomic E-state index is 12.7. The van der Waals surface area contributed by atoms with Gasteiger partial charge in [-0.05, 0) is 37.7 Å². The molecule has 1 aliphatic rings. The Labute approximate surface area is 148 Å². The maximum absolute atomic E-state index is 12.7. The van der Waals surface area contributed by atoms with Crippen LogP contribution >= 0.6 is 11.3 Å². The van der Waals surface area contributed by atoms with Gasteiger partial charge in [0.25, 0.3) is 0 Å². The quantitative estimate of drug-likeness (QED) is 0.788. The monoisotopic (exact) mass is 342 g/mol. The minimum absolute atomic E-state index is 0.236. The first kappa shape index (κ1) is 17.2. The minimum Gasteiger partial charge on any atom is -0.339 e. The SMILES string of the molecule is CCc1ccc(-c2nc(CC(=O)N3CCCCC3CC)cs2)cc1. The molecule has 0 radical (unpaired) electrons. The summed E-state index contributed by atoms with van der Waals surface area (Å²) in [6, 6.07) is 8.98. The van der Waals surface area contributed by atoms with Gasteiger partial charge in [-0.2, -0.15) is 0 Å². The summed E-state index contributed by atoms with van der Waals surface area (Å²) in [5, 5.41) is 3.04. The number of benzene rings is 1. The third-order valence-electron chi connectivity index (χ3n) is 4.91. The Bertz CT molecular complexity index is 677. The molecule has 3 rings (SSSR count). The van der Waals surface area contributed by atoms with Crippen molar-refractivity contribution in [2.24, 2.45) is 0 Å². The molecular weight excluding hydrogens is 316 g/mol. The molecule has 2 aromatic rings. The molecule has 1 saturated heterocycles. The van der Waals surface area contributed by atoms with Crippen LogP contribution in [0.3, 0.4) is 0 Å². The molecule has 1 aliphatic heterocycles. The Morgan fingerprint density at radius 1 is 1.25 bits per heavy atom. The number of hydrogen-bond acceptors (Lipinski definition) is 3. The summed E-state index contributed by atoms with van der Waals surface area (Å²) in [5.41, 5.74) is 3.38. The molecule has 1 fully saturated rings. The fraction of sp³-hybridized carbons (Fsp3) is 0.500. The number of carbonyl (C=O) groups is 1. The number of likely N-dealkylation sites (tertiary alicyclic amines) is 1. The minimum atomic E-state index is 0.236. The van der Waals surface area contributed by atoms with Crippen molar-refractivity contribution in [1.29, 1.82) is 0 Å². The lowest BCUT2D eigenvalue weighted by Crippen LogP contribution is -2.44. The number of hydrogen-bond donors (Lipinski definition) is 0. The second kappa shape index (κ2) is 7.93. The molecule has 1 unspecified atom stereocenters. The van der Waals surface area contributed by atoms with Crippen LogP contribution in [0.4, 0.5) is 0 Å². The Morgan fingerprint density at radius 2 is 2.04 bits per heavy atom. The van der Waals surface area contributed by atoms with Crippen LogP contribution in [0.2, 0.25) is 0 Å². The molecule has 0 aliphatic carbocycles. The van der Waals surface area contributed by atoms with Gasteiger partial charge in [-0.15, -0.1) is 11.3 Å². The molecule has 128 valence electrons. The van der Waals surface area contributed by atoms with Gasteiger partial charge < -0.3 is 4.90 Å². The molecule has 1 amide bonds. The van der Waals surface area contributed by atoms with Crippen LogP contribution in [-0.4, -0.2) is 28.4 Å². The Kier molecular flexibility index (Phi) is 5.67. The molecule has 1 atom stereocenters. The van der Waals surface area contributed by atoms with Crippen LogP contribution in [0.1, 0.15) is 50.8 Å². The predicted molar refractivity (Wildman–Crippen MR) is 100 cm³/mol. The van der Waals surface area contributed by atoms with Crippen LogP contribution in [0, 0.1) is 0 Å². The van der Waals surface area contributed by atoms with E-state index in [9.17, 15) is 4.79 Å². The van der Waals surface area contributed by atoms with Gasteiger partial charge in [0, 0.05) is 23.5 Å². The number of aromatic nitrogens is 1. The van der Waals surface area contributed by atoms with E-state index in [-0.39, 0.29) is 5.91 Å². The summed E-state index contributed by atoms with van der Waals surface area (Å²) in [6.07, 6.45) is 6.06. The zero-order chi connectivity index (χ0) is 16.9. The number of piperidine rings is 1. The number of nitrogens with zero attached hydrogens (tertiary/aromatic N) is 2. The zero-order valence-electron chi connectivity index (χ0n) is 14.6. The third-order valence-corrected chi connectivity index (χ3v) is 5.85. The largest absolute Gasteiger partial charge is 0.339 e. The summed E-state index contributed by atoms with van der Waals surface area (Å²) in [7, 11) is 0. The number of rotatable bonds is 5. The second-order valence-electron chi connectivity index (χ2n) is 6.52. The predicted octanol–water partition coefficient (Wildman–Crippen LogP) is 4.71. The van der Waals surface area contributed by atoms with Crippen LogP contribution in [-0.2, 0) is 17.6 Å². The van der Waals surface area contributed by atoms with Crippen LogP contribution in [0.25, 0.3) is 10.6 Å². The molecule has 0 N–H and O–H groups in total. The molecule has 0 bridgehead atoms. The van der Waals surface area contributed by atoms with E-state index >= 15 is 0 Å². The van der Waals surface area contributed by atoms with Crippen molar-refractivity contribution in [3.05, 3.63) is 40.9 Å². The lowest BCUT2D eigenvalue weighted by Gasteiger charge is -2.35. The number of amides is 1. The summed E-state index contributed by atoms with van der Waals surface area (Å²) in [5.74, 6) is 0.236. The molecule has 24 heavy (non-hydrogen) atoms. The molecule has 3 nitrogen and oxygen atoms in total. The van der Waals surface area contributed by atoms with Crippen LogP contribution in [0.5, 0.6) is 0 Å². The standard InChI is InChI=1S/C20H26N2OS/c1-3-15-8-10-16(11-9-15)20-21-17(14-24-20)13-19(23)22-12-6-5-7-18(22)4-2/h8-11,14,18H,3-7,12-13H2,1-2H3. The van der Waals surface area contributed by atoms with Gasteiger partial charge in [0.15, 0.2) is 0 Å². The molecule has 4 heteroatoms. The maximum Gasteiger partial charge on any atom is 0.228 e. The fourth-order valence-electron chi connectivity index (χ4n) is 3.41. The van der Waals surface area contributed by atoms with Crippen molar-refractivity contribution in [3.8, 4) is 10.6 Å². The highest BCUT2D eigenvalue weighted by molar-refractivity contribution is 7.13. The van der Waals surface area contributed by atoms with Crippen LogP contribution in [0.15, 0.2) is 29.6 Å². The summed E-state index contributed by atoms with van der Waals surface area (Å²) in [6.45, 7) is 5.25. The van der Waals surface area contributed by atoms with Crippen molar-refractivity contribution in [1.82, 2.24) is 9.88 Å². The highest BCUT2D eigenvalue weighted by Gasteiger charge is 2.25. The first-order valence-corrected chi connectivity index (χ1v) is 9.92. The first-order chi connectivity index (χ1) is 11.7. The molecule has 0 spiro atoms. The van der Waals surface area contributed by atoms with E-state index in [4.69, 9.17) is 4.98 Å². The molecule has 2 heterocycles. The number of carbonyl (C=O) groups excluding carboxylic acids is 1. The average Bonchev–Trinajstić information content (AvgIpc) is 3.10. The van der Waals surface area contributed by atoms with Gasteiger partial charge in [0.1, 0.15) is 5.01 Å². The normalized spacial score (nSPS) is 17.9. The Balaban J connectivity index is 1.67. The van der Waals surface area contributed by atoms with Crippen molar-refractivity contribution >= 4 is 17.2 Å². The lowest BCUT2D eigenvalue weighted by molar-refractivity contribution is -0.134. The Morgan fingerprint density at radius 3 is 2.75 bits per heavy atom. The Hall–Kier alpha value is -1.68. The van der Waals surface area contributed by atoms with Gasteiger partial charge in [0.2, 0.25) is 5.91 Å². The van der Waals surface area contributed by atoms with Crippen molar-refractivity contribution in [2.45, 2.75) is 58.4 Å². The van der Waals surface area contributed by atoms with E-state index in [1.54, 1.807) is 11.3 Å². The smallest absolute Gasteiger partial charge is 0.228 e. The van der Waals surface area contributed by atoms with E-state index in [1.165, 1.54) is 12.0 Å². The van der Waals surface area contributed by atoms with E-state index in [0.29, 0.717) is 12.5 Å². The highest BCUT2D eigenvalue weighted by atomic mass is 32.1. The van der Waals surface area contributed by atoms with E-state index < -0.39 is 0 Å². The van der Waals surface area contributed by atoms with Crippen molar-refractivity contribution < 1.29 is 4.79 Å². The van der Waals surface area contributed by atoms with Crippen LogP contribution < -0.4 is 0 Å². The number of aryl methyl sites for hydroxylation is 1. The van der Waals surface area contributed by atoms with Crippen molar-refractivity contribution in [2.75, 3.05) is 6.54 Å². The summed E-state index contributed by atoms with van der Waals surface area (Å²) < 4.78 is 0. The third kappa shape index (κ3) is 3.86. The molecular formula is C20H26N2OS. The summed E-state index contributed by atoms with van der Waals surface area (Å²) in [4.78, 5) is 19.4. The average molecular weight is 343 g/mol. The van der Waals surface area contributed by atoms with E-state index in [1.807, 2.05) is 5.38 Å². The van der Waals surface area contributed by atoms with E-state index in [0.717, 1.165) is 48.5 Å². The molecule has 0 saturated carbocycles. The second-order valence-corrected chi connectivity index (χ2v) is 7.37. The molecule has 1 aromatic heterocycles.